The van der Waals surface area contributed by atoms with E-state index in [1.165, 1.54) is 65.8 Å². The first-order chi connectivity index (χ1) is 19.0. The highest BCUT2D eigenvalue weighted by molar-refractivity contribution is 6.16. The Bertz CT molecular complexity index is 1870. The molecular weight excluding hydrogens is 498 g/mol. The molecule has 0 amide bonds. The van der Waals surface area contributed by atoms with E-state index in [-0.39, 0.29) is 16.2 Å². The molecule has 6 rings (SSSR count). The molecule has 0 fully saturated rings. The number of ether oxygens (including phenoxy) is 1. The van der Waals surface area contributed by atoms with E-state index in [1.807, 2.05) is 0 Å². The first kappa shape index (κ1) is 27.8. The second-order valence-corrected chi connectivity index (χ2v) is 15.9. The molecule has 0 N–H and O–H groups in total. The Labute approximate surface area is 246 Å². The third-order valence-electron chi connectivity index (χ3n) is 8.64. The molecule has 0 spiro atoms. The van der Waals surface area contributed by atoms with Gasteiger partial charge in [0.05, 0.1) is 10.9 Å². The third kappa shape index (κ3) is 4.80. The number of rotatable bonds is 2. The van der Waals surface area contributed by atoms with E-state index in [2.05, 4.69) is 136 Å². The third-order valence-corrected chi connectivity index (χ3v) is 8.64. The van der Waals surface area contributed by atoms with Gasteiger partial charge in [0.25, 0.3) is 0 Å². The molecule has 2 nitrogen and oxygen atoms in total. The lowest BCUT2D eigenvalue weighted by atomic mass is 9.80. The van der Waals surface area contributed by atoms with Crippen molar-refractivity contribution in [2.45, 2.75) is 87.5 Å². The Morgan fingerprint density at radius 2 is 1.39 bits per heavy atom. The van der Waals surface area contributed by atoms with Gasteiger partial charge in [-0.15, -0.1) is 0 Å². The summed E-state index contributed by atoms with van der Waals surface area (Å²) in [4.78, 5) is 0. The van der Waals surface area contributed by atoms with Crippen LogP contribution in [0.15, 0.2) is 54.7 Å². The number of pyridine rings is 1. The quantitative estimate of drug-likeness (QED) is 0.156. The van der Waals surface area contributed by atoms with Crippen molar-refractivity contribution in [2.24, 2.45) is 17.9 Å². The maximum absolute atomic E-state index is 7.10. The monoisotopic (exact) mass is 544 g/mol. The van der Waals surface area contributed by atoms with Crippen molar-refractivity contribution in [3.8, 4) is 22.8 Å². The van der Waals surface area contributed by atoms with Crippen molar-refractivity contribution < 1.29 is 9.30 Å². The molecule has 2 heteroatoms. The number of hydrogen-bond acceptors (Lipinski definition) is 1. The van der Waals surface area contributed by atoms with Crippen LogP contribution in [0.5, 0.6) is 11.5 Å². The van der Waals surface area contributed by atoms with Crippen LogP contribution in [0.4, 0.5) is 0 Å². The second kappa shape index (κ2) is 9.05. The van der Waals surface area contributed by atoms with Gasteiger partial charge in [-0.25, -0.2) is 4.57 Å². The van der Waals surface area contributed by atoms with Gasteiger partial charge in [-0.3, -0.25) is 0 Å². The van der Waals surface area contributed by atoms with E-state index >= 15 is 0 Å². The van der Waals surface area contributed by atoms with Gasteiger partial charge in [-0.2, -0.15) is 0 Å². The predicted octanol–water partition coefficient (Wildman–Crippen LogP) is 10.5. The molecule has 5 aromatic rings. The molecule has 41 heavy (non-hydrogen) atoms. The summed E-state index contributed by atoms with van der Waals surface area (Å²) in [6.45, 7) is 23.1. The van der Waals surface area contributed by atoms with Gasteiger partial charge < -0.3 is 4.74 Å². The topological polar surface area (TPSA) is 13.1 Å². The SMILES string of the molecule is Cc1c2c(c(CC(C)(C)C)c3ccc(CC(C)(C)C)cc13)Oc1cc3cc(C(C)(C)C)ccc3c3cc[n+](C)c-2c13. The van der Waals surface area contributed by atoms with Crippen molar-refractivity contribution in [3.05, 3.63) is 77.0 Å². The van der Waals surface area contributed by atoms with Gasteiger partial charge in [-0.1, -0.05) is 98.7 Å². The van der Waals surface area contributed by atoms with Crippen LogP contribution in [0.1, 0.15) is 84.6 Å². The fourth-order valence-corrected chi connectivity index (χ4v) is 6.79. The Hall–Kier alpha value is -3.39. The van der Waals surface area contributed by atoms with Gasteiger partial charge in [0.1, 0.15) is 18.5 Å². The minimum atomic E-state index is 0.0872. The molecule has 0 atom stereocenters. The zero-order valence-corrected chi connectivity index (χ0v) is 27.0. The maximum atomic E-state index is 7.10. The second-order valence-electron chi connectivity index (χ2n) is 15.9. The first-order valence-electron chi connectivity index (χ1n) is 15.2. The van der Waals surface area contributed by atoms with E-state index in [0.29, 0.717) is 0 Å². The van der Waals surface area contributed by atoms with Crippen LogP contribution in [0.3, 0.4) is 0 Å². The summed E-state index contributed by atoms with van der Waals surface area (Å²) in [5.41, 5.74) is 8.31. The average Bonchev–Trinajstić information content (AvgIpc) is 2.85. The summed E-state index contributed by atoms with van der Waals surface area (Å²) >= 11 is 0. The van der Waals surface area contributed by atoms with Gasteiger partial charge >= 0.3 is 0 Å². The molecule has 0 bridgehead atoms. The zero-order valence-electron chi connectivity index (χ0n) is 27.0. The highest BCUT2D eigenvalue weighted by Gasteiger charge is 2.34. The molecular formula is C39H46NO+. The Morgan fingerprint density at radius 3 is 2.05 bits per heavy atom. The molecule has 212 valence electrons. The van der Waals surface area contributed by atoms with Crippen molar-refractivity contribution in [1.82, 2.24) is 0 Å². The van der Waals surface area contributed by atoms with Crippen molar-refractivity contribution in [2.75, 3.05) is 0 Å². The van der Waals surface area contributed by atoms with Crippen molar-refractivity contribution in [1.29, 1.82) is 0 Å². The van der Waals surface area contributed by atoms with E-state index < -0.39 is 0 Å². The number of nitrogens with zero attached hydrogens (tertiary/aromatic N) is 1. The fraction of sp³-hybridized carbons (Fsp3) is 0.410. The van der Waals surface area contributed by atoms with Gasteiger partial charge in [-0.05, 0) is 80.3 Å². The van der Waals surface area contributed by atoms with Gasteiger partial charge in [0.15, 0.2) is 6.20 Å². The summed E-state index contributed by atoms with van der Waals surface area (Å²) in [6.07, 6.45) is 4.23. The molecule has 0 aliphatic carbocycles. The maximum Gasteiger partial charge on any atom is 0.228 e. The van der Waals surface area contributed by atoms with E-state index in [9.17, 15) is 0 Å². The Kier molecular flexibility index (Phi) is 6.13. The molecule has 1 aliphatic rings. The molecule has 1 aliphatic heterocycles. The lowest BCUT2D eigenvalue weighted by molar-refractivity contribution is -0.659. The van der Waals surface area contributed by atoms with Crippen LogP contribution < -0.4 is 9.30 Å². The summed E-state index contributed by atoms with van der Waals surface area (Å²) < 4.78 is 9.41. The first-order valence-corrected chi connectivity index (χ1v) is 15.2. The standard InChI is InChI=1S/C39H46NO/c1-23-30-18-24(21-37(2,3)4)12-14-28(30)31(22-38(5,6)7)36-33(23)35-34-29(16-17-40(35)11)27-15-13-26(39(8,9)10)19-25(27)20-32(34)41-36/h12-20H,21-22H2,1-11H3/q+1. The molecule has 1 aromatic heterocycles. The lowest BCUT2D eigenvalue weighted by Crippen LogP contribution is -2.32. The number of aryl methyl sites for hydroxylation is 2. The summed E-state index contributed by atoms with van der Waals surface area (Å²) in [7, 11) is 2.18. The van der Waals surface area contributed by atoms with Gasteiger partial charge in [0, 0.05) is 17.0 Å². The van der Waals surface area contributed by atoms with Crippen LogP contribution in [0, 0.1) is 17.8 Å². The number of aromatic nitrogens is 1. The highest BCUT2D eigenvalue weighted by Crippen LogP contribution is 2.53. The average molecular weight is 545 g/mol. The highest BCUT2D eigenvalue weighted by atomic mass is 16.5. The summed E-state index contributed by atoms with van der Waals surface area (Å²) in [5.74, 6) is 2.01. The molecule has 0 saturated heterocycles. The van der Waals surface area contributed by atoms with Crippen LogP contribution >= 0.6 is 0 Å². The Balaban J connectivity index is 1.72. The number of benzene rings is 4. The van der Waals surface area contributed by atoms with Crippen molar-refractivity contribution >= 4 is 32.3 Å². The zero-order chi connectivity index (χ0) is 29.6. The minimum Gasteiger partial charge on any atom is -0.455 e. The predicted molar refractivity (Wildman–Crippen MR) is 175 cm³/mol. The molecule has 0 saturated carbocycles. The molecule has 0 radical (unpaired) electrons. The normalized spacial score (nSPS) is 13.6. The summed E-state index contributed by atoms with van der Waals surface area (Å²) in [5, 5.41) is 7.67. The largest absolute Gasteiger partial charge is 0.455 e. The van der Waals surface area contributed by atoms with E-state index in [0.717, 1.165) is 24.3 Å². The number of fused-ring (bicyclic) bond motifs is 5. The number of hydrogen-bond donors (Lipinski definition) is 0. The molecule has 2 heterocycles. The fourth-order valence-electron chi connectivity index (χ4n) is 6.79. The van der Waals surface area contributed by atoms with Crippen LogP contribution in [-0.2, 0) is 25.3 Å². The van der Waals surface area contributed by atoms with Crippen LogP contribution in [-0.4, -0.2) is 0 Å². The van der Waals surface area contributed by atoms with Crippen LogP contribution in [0.25, 0.3) is 43.6 Å². The molecule has 4 aromatic carbocycles. The minimum absolute atomic E-state index is 0.0872. The smallest absolute Gasteiger partial charge is 0.228 e. The lowest BCUT2D eigenvalue weighted by Gasteiger charge is -2.29. The van der Waals surface area contributed by atoms with E-state index in [4.69, 9.17) is 4.74 Å². The molecule has 0 unspecified atom stereocenters. The van der Waals surface area contributed by atoms with Crippen molar-refractivity contribution in [3.63, 3.8) is 0 Å². The summed E-state index contributed by atoms with van der Waals surface area (Å²) in [6, 6.07) is 18.7. The Morgan fingerprint density at radius 1 is 0.707 bits per heavy atom. The van der Waals surface area contributed by atoms with E-state index in [1.54, 1.807) is 0 Å². The van der Waals surface area contributed by atoms with Gasteiger partial charge in [0.2, 0.25) is 5.69 Å². The van der Waals surface area contributed by atoms with Crippen LogP contribution in [0.2, 0.25) is 0 Å².